The number of ether oxygens (including phenoxy) is 3. The van der Waals surface area contributed by atoms with E-state index >= 15 is 0 Å². The third-order valence-electron chi connectivity index (χ3n) is 11.0. The lowest BCUT2D eigenvalue weighted by Crippen LogP contribution is -2.50. The molecule has 8 heteroatoms. The van der Waals surface area contributed by atoms with Gasteiger partial charge in [-0.3, -0.25) is 9.59 Å². The number of allylic oxidation sites excluding steroid dienone is 16. The Labute approximate surface area is 398 Å². The van der Waals surface area contributed by atoms with Gasteiger partial charge >= 0.3 is 17.9 Å². The first-order valence-corrected chi connectivity index (χ1v) is 25.8. The van der Waals surface area contributed by atoms with Gasteiger partial charge in [0.25, 0.3) is 0 Å². The van der Waals surface area contributed by atoms with Gasteiger partial charge in [0, 0.05) is 19.3 Å². The van der Waals surface area contributed by atoms with Crippen molar-refractivity contribution in [2.45, 2.75) is 206 Å². The number of likely N-dealkylation sites (N-methyl/N-ethyl adjacent to an activating group) is 1. The van der Waals surface area contributed by atoms with Crippen molar-refractivity contribution in [3.05, 3.63) is 97.2 Å². The van der Waals surface area contributed by atoms with Crippen molar-refractivity contribution in [3.8, 4) is 0 Å². The van der Waals surface area contributed by atoms with Crippen molar-refractivity contribution in [2.75, 3.05) is 41.0 Å². The van der Waals surface area contributed by atoms with E-state index in [4.69, 9.17) is 14.2 Å². The zero-order valence-corrected chi connectivity index (χ0v) is 42.2. The second-order valence-corrected chi connectivity index (χ2v) is 18.0. The molecule has 0 rings (SSSR count). The van der Waals surface area contributed by atoms with Crippen LogP contribution in [0.3, 0.4) is 0 Å². The average Bonchev–Trinajstić information content (AvgIpc) is 3.27. The maximum atomic E-state index is 12.8. The van der Waals surface area contributed by atoms with Crippen LogP contribution in [0, 0.1) is 0 Å². The number of hydrogen-bond acceptors (Lipinski definition) is 6. The van der Waals surface area contributed by atoms with Gasteiger partial charge in [0.05, 0.1) is 34.4 Å². The van der Waals surface area contributed by atoms with E-state index in [1.54, 1.807) is 0 Å². The number of hydrogen-bond donors (Lipinski definition) is 1. The highest BCUT2D eigenvalue weighted by atomic mass is 16.6. The average molecular weight is 907 g/mol. The van der Waals surface area contributed by atoms with Crippen LogP contribution in [-0.4, -0.2) is 80.6 Å². The zero-order valence-electron chi connectivity index (χ0n) is 42.2. The van der Waals surface area contributed by atoms with Crippen molar-refractivity contribution in [3.63, 3.8) is 0 Å². The van der Waals surface area contributed by atoms with Gasteiger partial charge in [-0.05, 0) is 96.3 Å². The van der Waals surface area contributed by atoms with E-state index < -0.39 is 18.1 Å². The quantitative estimate of drug-likeness (QED) is 0.0281. The van der Waals surface area contributed by atoms with E-state index in [2.05, 4.69) is 111 Å². The Morgan fingerprint density at radius 3 is 1.29 bits per heavy atom. The topological polar surface area (TPSA) is 99.1 Å². The lowest BCUT2D eigenvalue weighted by molar-refractivity contribution is -0.887. The Hall–Kier alpha value is -3.75. The first-order valence-electron chi connectivity index (χ1n) is 25.8. The maximum absolute atomic E-state index is 12.8. The monoisotopic (exact) mass is 907 g/mol. The number of unbranched alkanes of at least 4 members (excludes halogenated alkanes) is 15. The van der Waals surface area contributed by atoms with Crippen molar-refractivity contribution in [1.82, 2.24) is 0 Å². The van der Waals surface area contributed by atoms with Crippen LogP contribution in [0.2, 0.25) is 0 Å². The fourth-order valence-electron chi connectivity index (χ4n) is 7.01. The van der Waals surface area contributed by atoms with Crippen LogP contribution in [0.4, 0.5) is 0 Å². The number of esters is 2. The van der Waals surface area contributed by atoms with Gasteiger partial charge < -0.3 is 23.8 Å². The summed E-state index contributed by atoms with van der Waals surface area (Å²) in [5.41, 5.74) is 0. The number of carbonyl (C=O) groups excluding carboxylic acids is 2. The van der Waals surface area contributed by atoms with Crippen molar-refractivity contribution < 1.29 is 38.2 Å². The van der Waals surface area contributed by atoms with Crippen molar-refractivity contribution in [1.29, 1.82) is 0 Å². The molecule has 0 radical (unpaired) electrons. The van der Waals surface area contributed by atoms with Crippen LogP contribution in [0.15, 0.2) is 97.2 Å². The van der Waals surface area contributed by atoms with Gasteiger partial charge in [-0.25, -0.2) is 4.79 Å². The van der Waals surface area contributed by atoms with Gasteiger partial charge in [0.1, 0.15) is 6.61 Å². The highest BCUT2D eigenvalue weighted by molar-refractivity contribution is 5.72. The minimum atomic E-state index is -0.885. The maximum Gasteiger partial charge on any atom is 0.362 e. The number of carbonyl (C=O) groups is 3. The van der Waals surface area contributed by atoms with E-state index in [1.165, 1.54) is 64.2 Å². The van der Waals surface area contributed by atoms with Crippen LogP contribution >= 0.6 is 0 Å². The van der Waals surface area contributed by atoms with Crippen LogP contribution in [0.25, 0.3) is 0 Å². The summed E-state index contributed by atoms with van der Waals surface area (Å²) in [6.45, 7) is 4.55. The molecule has 0 amide bonds. The lowest BCUT2D eigenvalue weighted by Gasteiger charge is -2.31. The third kappa shape index (κ3) is 45.2. The summed E-state index contributed by atoms with van der Waals surface area (Å²) in [7, 11) is 5.51. The number of quaternary nitrogens is 1. The standard InChI is InChI=1S/C57H95NO7/c1-6-8-10-12-14-16-18-20-22-24-26-27-28-30-31-33-35-37-39-41-43-45-47-55(59)64-52-53(51-63-50-49-54(57(61)62)58(3,4)5)65-56(60)48-46-44-42-40-38-36-34-32-29-25-23-21-19-17-15-13-11-9-7-2/h9,11,14-17,20-23,26-27,29,32,36,38,53-54H,6-8,10,12-13,18-19,24-25,28,30-31,33-35,37,39-52H2,1-5H3/p+1/b11-9+,16-14+,17-15+,22-20+,23-21+,27-26+,32-29+,38-36+. The Bertz CT molecular complexity index is 1380. The summed E-state index contributed by atoms with van der Waals surface area (Å²) in [4.78, 5) is 37.2. The molecule has 0 spiro atoms. The third-order valence-corrected chi connectivity index (χ3v) is 11.0. The Morgan fingerprint density at radius 1 is 0.477 bits per heavy atom. The Balaban J connectivity index is 4.33. The number of carboxylic acid groups (broad SMARTS) is 1. The summed E-state index contributed by atoms with van der Waals surface area (Å²) in [5, 5.41) is 9.66. The summed E-state index contributed by atoms with van der Waals surface area (Å²) < 4.78 is 17.3. The number of aliphatic carboxylic acids is 1. The molecule has 8 nitrogen and oxygen atoms in total. The van der Waals surface area contributed by atoms with E-state index in [0.29, 0.717) is 19.3 Å². The molecular weight excluding hydrogens is 811 g/mol. The summed E-state index contributed by atoms with van der Waals surface area (Å²) in [6, 6.07) is -0.628. The van der Waals surface area contributed by atoms with Crippen LogP contribution < -0.4 is 0 Å². The molecule has 0 aromatic carbocycles. The first kappa shape index (κ1) is 61.2. The molecule has 0 aliphatic carbocycles. The normalized spacial score (nSPS) is 13.7. The molecule has 0 bridgehead atoms. The van der Waals surface area contributed by atoms with Crippen molar-refractivity contribution in [2.24, 2.45) is 0 Å². The number of carboxylic acids is 1. The van der Waals surface area contributed by atoms with Gasteiger partial charge in [0.15, 0.2) is 12.1 Å². The van der Waals surface area contributed by atoms with Gasteiger partial charge in [-0.2, -0.15) is 0 Å². The van der Waals surface area contributed by atoms with Crippen molar-refractivity contribution >= 4 is 17.9 Å². The largest absolute Gasteiger partial charge is 0.477 e. The summed E-state index contributed by atoms with van der Waals surface area (Å²) in [5.74, 6) is -1.52. The van der Waals surface area contributed by atoms with Crippen LogP contribution in [0.1, 0.15) is 194 Å². The molecule has 2 atom stereocenters. The fourth-order valence-corrected chi connectivity index (χ4v) is 7.01. The predicted octanol–water partition coefficient (Wildman–Crippen LogP) is 15.0. The molecule has 65 heavy (non-hydrogen) atoms. The molecule has 0 aliphatic rings. The van der Waals surface area contributed by atoms with Crippen LogP contribution in [-0.2, 0) is 28.6 Å². The predicted molar refractivity (Wildman–Crippen MR) is 275 cm³/mol. The van der Waals surface area contributed by atoms with E-state index in [9.17, 15) is 19.5 Å². The molecule has 0 aliphatic heterocycles. The SMILES string of the molecule is CC/C=C/C/C=C/C/C=C/C/C=C/C/C=C/CCCCCC(=O)OC(COCCC(C(=O)O)[N+](C)(C)C)COC(=O)CCCCCCCCCCC/C=C/C/C=C/C/C=C/CCCCC. The molecular formula is C57H96NO7+. The molecule has 0 aromatic rings. The Morgan fingerprint density at radius 2 is 0.862 bits per heavy atom. The molecule has 370 valence electrons. The first-order chi connectivity index (χ1) is 31.6. The van der Waals surface area contributed by atoms with Gasteiger partial charge in [-0.1, -0.05) is 175 Å². The van der Waals surface area contributed by atoms with E-state index in [0.717, 1.165) is 89.9 Å². The lowest BCUT2D eigenvalue weighted by atomic mass is 10.1. The van der Waals surface area contributed by atoms with Crippen LogP contribution in [0.5, 0.6) is 0 Å². The summed E-state index contributed by atoms with van der Waals surface area (Å²) >= 11 is 0. The molecule has 0 fully saturated rings. The molecule has 0 heterocycles. The van der Waals surface area contributed by atoms with Gasteiger partial charge in [-0.15, -0.1) is 0 Å². The second kappa shape index (κ2) is 46.8. The number of rotatable bonds is 45. The molecule has 0 saturated carbocycles. The highest BCUT2D eigenvalue weighted by Gasteiger charge is 2.31. The number of nitrogens with zero attached hydrogens (tertiary/aromatic N) is 1. The second-order valence-electron chi connectivity index (χ2n) is 18.0. The van der Waals surface area contributed by atoms with E-state index in [-0.39, 0.29) is 42.7 Å². The zero-order chi connectivity index (χ0) is 47.7. The minimum absolute atomic E-state index is 0.0401. The smallest absolute Gasteiger partial charge is 0.362 e. The molecule has 0 saturated heterocycles. The summed E-state index contributed by atoms with van der Waals surface area (Å²) in [6.07, 6.45) is 63.1. The molecule has 2 unspecified atom stereocenters. The molecule has 1 N–H and O–H groups in total. The van der Waals surface area contributed by atoms with E-state index in [1.807, 2.05) is 21.1 Å². The molecule has 0 aromatic heterocycles. The van der Waals surface area contributed by atoms with Gasteiger partial charge in [0.2, 0.25) is 0 Å². The Kier molecular flexibility index (Phi) is 44.1. The fraction of sp³-hybridized carbons (Fsp3) is 0.667. The highest BCUT2D eigenvalue weighted by Crippen LogP contribution is 2.14. The minimum Gasteiger partial charge on any atom is -0.477 e.